The third-order valence-electron chi connectivity index (χ3n) is 4.81. The Morgan fingerprint density at radius 3 is 2.81 bits per heavy atom. The fourth-order valence-corrected chi connectivity index (χ4v) is 3.82. The zero-order valence-electron chi connectivity index (χ0n) is 15.3. The van der Waals surface area contributed by atoms with Gasteiger partial charge >= 0.3 is 6.03 Å². The molecule has 27 heavy (non-hydrogen) atoms. The van der Waals surface area contributed by atoms with Crippen molar-refractivity contribution >= 4 is 29.2 Å². The molecule has 2 aromatic rings. The molecule has 7 heteroatoms. The predicted molar refractivity (Wildman–Crippen MR) is 107 cm³/mol. The fourth-order valence-electron chi connectivity index (χ4n) is 3.43. The Labute approximate surface area is 163 Å². The molecule has 0 saturated heterocycles. The van der Waals surface area contributed by atoms with Crippen molar-refractivity contribution in [1.82, 2.24) is 9.47 Å². The molecule has 2 heterocycles. The number of carbonyl (C=O) groups excluding carboxylic acids is 2. The van der Waals surface area contributed by atoms with E-state index in [1.54, 1.807) is 11.0 Å². The van der Waals surface area contributed by atoms with Gasteiger partial charge in [0, 0.05) is 30.9 Å². The van der Waals surface area contributed by atoms with Crippen LogP contribution in [0, 0.1) is 0 Å². The average molecular weight is 387 g/mol. The third kappa shape index (κ3) is 3.71. The van der Waals surface area contributed by atoms with Crippen molar-refractivity contribution in [2.24, 2.45) is 5.73 Å². The lowest BCUT2D eigenvalue weighted by molar-refractivity contribution is 0.0997. The Hall–Kier alpha value is -2.73. The number of halogens is 1. The second-order valence-corrected chi connectivity index (χ2v) is 6.87. The van der Waals surface area contributed by atoms with Gasteiger partial charge in [-0.05, 0) is 24.1 Å². The van der Waals surface area contributed by atoms with E-state index in [-0.39, 0.29) is 12.6 Å². The van der Waals surface area contributed by atoms with Crippen LogP contribution in [0.15, 0.2) is 36.9 Å². The van der Waals surface area contributed by atoms with Crippen LogP contribution in [0.2, 0.25) is 5.02 Å². The van der Waals surface area contributed by atoms with Gasteiger partial charge in [-0.2, -0.15) is 0 Å². The number of aromatic nitrogens is 1. The summed E-state index contributed by atoms with van der Waals surface area (Å²) in [4.78, 5) is 26.3. The largest absolute Gasteiger partial charge is 0.365 e. The molecule has 6 nitrogen and oxygen atoms in total. The van der Waals surface area contributed by atoms with Gasteiger partial charge in [0.1, 0.15) is 0 Å². The molecule has 3 amide bonds. The summed E-state index contributed by atoms with van der Waals surface area (Å²) in [7, 11) is 0. The van der Waals surface area contributed by atoms with Gasteiger partial charge in [0.05, 0.1) is 22.8 Å². The topological polar surface area (TPSA) is 80.4 Å². The van der Waals surface area contributed by atoms with Gasteiger partial charge in [-0.15, -0.1) is 6.58 Å². The van der Waals surface area contributed by atoms with Crippen molar-refractivity contribution in [2.45, 2.75) is 32.9 Å². The first-order valence-corrected chi connectivity index (χ1v) is 9.29. The van der Waals surface area contributed by atoms with Crippen LogP contribution >= 0.6 is 11.6 Å². The second kappa shape index (κ2) is 7.88. The van der Waals surface area contributed by atoms with E-state index >= 15 is 0 Å². The molecule has 0 radical (unpaired) electrons. The van der Waals surface area contributed by atoms with E-state index in [4.69, 9.17) is 17.3 Å². The minimum atomic E-state index is -0.586. The normalized spacial score (nSPS) is 13.2. The Balaban J connectivity index is 1.84. The van der Waals surface area contributed by atoms with E-state index in [1.165, 1.54) is 0 Å². The number of nitrogens with one attached hydrogen (secondary N) is 1. The standard InChI is InChI=1S/C20H23ClN4O2/c1-3-6-15-18(21)17(19(22)26)16-12-24(9-10-25(15)16)20(27)23-14-8-5-7-13(4-2)11-14/h3,5,7-8,11H,1,4,6,9-10,12H2,2H3,(H2,22,26)(H,23,27). The number of primary amides is 1. The SMILES string of the molecule is C=CCc1c(Cl)c(C(N)=O)c2n1CCN(C(=O)Nc1cccc(CC)c1)C2. The van der Waals surface area contributed by atoms with E-state index in [2.05, 4.69) is 18.8 Å². The number of amides is 3. The Kier molecular flexibility index (Phi) is 5.56. The highest BCUT2D eigenvalue weighted by atomic mass is 35.5. The number of urea groups is 1. The highest BCUT2D eigenvalue weighted by Crippen LogP contribution is 2.32. The maximum Gasteiger partial charge on any atom is 0.322 e. The molecule has 1 aromatic carbocycles. The Morgan fingerprint density at radius 2 is 2.15 bits per heavy atom. The first-order chi connectivity index (χ1) is 13.0. The van der Waals surface area contributed by atoms with Crippen molar-refractivity contribution in [2.75, 3.05) is 11.9 Å². The quantitative estimate of drug-likeness (QED) is 0.770. The number of allylic oxidation sites excluding steroid dienone is 1. The number of aryl methyl sites for hydroxylation is 1. The third-order valence-corrected chi connectivity index (χ3v) is 5.21. The van der Waals surface area contributed by atoms with E-state index < -0.39 is 5.91 Å². The number of nitrogens with two attached hydrogens (primary N) is 1. The van der Waals surface area contributed by atoms with Gasteiger partial charge in [0.25, 0.3) is 5.91 Å². The molecule has 142 valence electrons. The maximum absolute atomic E-state index is 12.7. The molecule has 0 fully saturated rings. The molecule has 0 bridgehead atoms. The van der Waals surface area contributed by atoms with E-state index in [0.717, 1.165) is 23.4 Å². The number of hydrogen-bond donors (Lipinski definition) is 2. The minimum Gasteiger partial charge on any atom is -0.365 e. The number of rotatable bonds is 5. The summed E-state index contributed by atoms with van der Waals surface area (Å²) >= 11 is 6.40. The van der Waals surface area contributed by atoms with Gasteiger partial charge in [-0.25, -0.2) is 4.79 Å². The zero-order valence-corrected chi connectivity index (χ0v) is 16.1. The molecule has 0 atom stereocenters. The molecular weight excluding hydrogens is 364 g/mol. The molecule has 1 aliphatic heterocycles. The molecular formula is C20H23ClN4O2. The highest BCUT2D eigenvalue weighted by molar-refractivity contribution is 6.34. The molecule has 1 aliphatic rings. The Bertz CT molecular complexity index is 904. The summed E-state index contributed by atoms with van der Waals surface area (Å²) in [6.07, 6.45) is 3.17. The van der Waals surface area contributed by atoms with E-state index in [1.807, 2.05) is 28.8 Å². The zero-order chi connectivity index (χ0) is 19.6. The maximum atomic E-state index is 12.7. The first kappa shape index (κ1) is 19.0. The van der Waals surface area contributed by atoms with Gasteiger partial charge in [0.2, 0.25) is 0 Å². The number of carbonyl (C=O) groups is 2. The van der Waals surface area contributed by atoms with Crippen LogP contribution in [0.1, 0.15) is 34.2 Å². The number of hydrogen-bond acceptors (Lipinski definition) is 2. The number of anilines is 1. The lowest BCUT2D eigenvalue weighted by Gasteiger charge is -2.30. The molecule has 3 N–H and O–H groups in total. The van der Waals surface area contributed by atoms with Crippen molar-refractivity contribution in [3.63, 3.8) is 0 Å². The average Bonchev–Trinajstić information content (AvgIpc) is 2.93. The van der Waals surface area contributed by atoms with Crippen molar-refractivity contribution in [3.05, 3.63) is 64.5 Å². The number of fused-ring (bicyclic) bond motifs is 1. The Morgan fingerprint density at radius 1 is 1.37 bits per heavy atom. The van der Waals surface area contributed by atoms with Crippen LogP contribution in [-0.2, 0) is 25.9 Å². The molecule has 0 spiro atoms. The smallest absolute Gasteiger partial charge is 0.322 e. The van der Waals surface area contributed by atoms with Crippen LogP contribution in [0.4, 0.5) is 10.5 Å². The molecule has 0 saturated carbocycles. The van der Waals surface area contributed by atoms with Crippen molar-refractivity contribution < 1.29 is 9.59 Å². The summed E-state index contributed by atoms with van der Waals surface area (Å²) in [6.45, 7) is 7.14. The van der Waals surface area contributed by atoms with Crippen molar-refractivity contribution in [3.8, 4) is 0 Å². The molecule has 1 aromatic heterocycles. The molecule has 0 unspecified atom stereocenters. The summed E-state index contributed by atoms with van der Waals surface area (Å²) < 4.78 is 1.98. The first-order valence-electron chi connectivity index (χ1n) is 8.91. The number of nitrogens with zero attached hydrogens (tertiary/aromatic N) is 2. The second-order valence-electron chi connectivity index (χ2n) is 6.50. The minimum absolute atomic E-state index is 0.215. The summed E-state index contributed by atoms with van der Waals surface area (Å²) in [6, 6.07) is 7.54. The monoisotopic (exact) mass is 386 g/mol. The fraction of sp³-hybridized carbons (Fsp3) is 0.300. The van der Waals surface area contributed by atoms with Gasteiger partial charge in [0.15, 0.2) is 0 Å². The van der Waals surface area contributed by atoms with E-state index in [0.29, 0.717) is 35.8 Å². The highest BCUT2D eigenvalue weighted by Gasteiger charge is 2.30. The number of benzene rings is 1. The van der Waals surface area contributed by atoms with Gasteiger partial charge in [-0.3, -0.25) is 4.79 Å². The summed E-state index contributed by atoms with van der Waals surface area (Å²) in [5.41, 5.74) is 9.22. The van der Waals surface area contributed by atoms with Crippen LogP contribution < -0.4 is 11.1 Å². The molecule has 3 rings (SSSR count). The van der Waals surface area contributed by atoms with Crippen LogP contribution in [0.3, 0.4) is 0 Å². The predicted octanol–water partition coefficient (Wildman–Crippen LogP) is 3.58. The summed E-state index contributed by atoms with van der Waals surface area (Å²) in [5.74, 6) is -0.586. The summed E-state index contributed by atoms with van der Waals surface area (Å²) in [5, 5.41) is 3.28. The van der Waals surface area contributed by atoms with Gasteiger partial charge in [-0.1, -0.05) is 36.7 Å². The van der Waals surface area contributed by atoms with E-state index in [9.17, 15) is 9.59 Å². The molecule has 0 aliphatic carbocycles. The van der Waals surface area contributed by atoms with Gasteiger partial charge < -0.3 is 20.5 Å². The lowest BCUT2D eigenvalue weighted by atomic mass is 10.1. The van der Waals surface area contributed by atoms with Crippen LogP contribution in [0.5, 0.6) is 0 Å². The van der Waals surface area contributed by atoms with Crippen LogP contribution in [-0.4, -0.2) is 28.0 Å². The van der Waals surface area contributed by atoms with Crippen LogP contribution in [0.25, 0.3) is 0 Å². The lowest BCUT2D eigenvalue weighted by Crippen LogP contribution is -2.41. The van der Waals surface area contributed by atoms with Crippen molar-refractivity contribution in [1.29, 1.82) is 0 Å².